The quantitative estimate of drug-likeness (QED) is 0.573. The Bertz CT molecular complexity index is 860. The fourth-order valence-corrected chi connectivity index (χ4v) is 2.05. The summed E-state index contributed by atoms with van der Waals surface area (Å²) in [6.07, 6.45) is 3.26. The number of benzene rings is 2. The fraction of sp³-hybridized carbons (Fsp3) is 0. The smallest absolute Gasteiger partial charge is 0.332 e. The number of aromatic nitrogens is 1. The molecule has 3 rings (SSSR count). The molecule has 2 amide bonds. The summed E-state index contributed by atoms with van der Waals surface area (Å²) in [6, 6.07) is 16.2. The van der Waals surface area contributed by atoms with E-state index < -0.39 is 6.03 Å². The predicted octanol–water partition coefficient (Wildman–Crippen LogP) is 3.03. The fourth-order valence-electron chi connectivity index (χ4n) is 2.05. The molecule has 0 spiro atoms. The number of carbonyl (C=O) groups is 1. The molecule has 3 aromatic rings. The summed E-state index contributed by atoms with van der Waals surface area (Å²) < 4.78 is 5.82. The van der Waals surface area contributed by atoms with Gasteiger partial charge in [0.05, 0.1) is 11.7 Å². The lowest BCUT2D eigenvalue weighted by atomic mass is 10.2. The zero-order valence-corrected chi connectivity index (χ0v) is 12.1. The van der Waals surface area contributed by atoms with Gasteiger partial charge >= 0.3 is 6.03 Å². The highest BCUT2D eigenvalue weighted by Gasteiger charge is 2.00. The van der Waals surface area contributed by atoms with Crippen LogP contribution in [0.2, 0.25) is 0 Å². The number of urea groups is 1. The van der Waals surface area contributed by atoms with E-state index >= 15 is 0 Å². The maximum atomic E-state index is 10.5. The molecule has 1 aromatic heterocycles. The lowest BCUT2D eigenvalue weighted by Gasteiger charge is -2.07. The number of primary amides is 1. The summed E-state index contributed by atoms with van der Waals surface area (Å²) in [5.41, 5.74) is 8.79. The third kappa shape index (κ3) is 3.82. The van der Waals surface area contributed by atoms with Crippen molar-refractivity contribution in [2.75, 3.05) is 0 Å². The summed E-state index contributed by atoms with van der Waals surface area (Å²) in [5.74, 6) is 1.44. The van der Waals surface area contributed by atoms with Crippen molar-refractivity contribution >= 4 is 23.1 Å². The first-order valence-corrected chi connectivity index (χ1v) is 6.92. The standard InChI is InChI=1S/C17H14N4O2/c18-17(22)21-20-11-12-3-5-14(6-4-12)23-15-7-8-16-13(10-15)2-1-9-19-16/h1-11H,(H3,18,21,22). The van der Waals surface area contributed by atoms with E-state index in [0.717, 1.165) is 22.2 Å². The molecule has 0 bridgehead atoms. The van der Waals surface area contributed by atoms with E-state index in [1.807, 2.05) is 54.6 Å². The van der Waals surface area contributed by atoms with Gasteiger partial charge in [0.2, 0.25) is 0 Å². The predicted molar refractivity (Wildman–Crippen MR) is 88.6 cm³/mol. The summed E-state index contributed by atoms with van der Waals surface area (Å²) in [5, 5.41) is 4.71. The molecule has 6 heteroatoms. The molecule has 0 unspecified atom stereocenters. The van der Waals surface area contributed by atoms with Gasteiger partial charge in [-0.15, -0.1) is 0 Å². The molecule has 23 heavy (non-hydrogen) atoms. The first-order valence-electron chi connectivity index (χ1n) is 6.92. The zero-order chi connectivity index (χ0) is 16.1. The minimum absolute atomic E-state index is 0.702. The van der Waals surface area contributed by atoms with Gasteiger partial charge in [-0.25, -0.2) is 10.2 Å². The molecule has 1 heterocycles. The van der Waals surface area contributed by atoms with Crippen molar-refractivity contribution in [3.63, 3.8) is 0 Å². The molecule has 114 valence electrons. The SMILES string of the molecule is NC(=O)NN=Cc1ccc(Oc2ccc3ncccc3c2)cc1. The monoisotopic (exact) mass is 306 g/mol. The third-order valence-corrected chi connectivity index (χ3v) is 3.08. The van der Waals surface area contributed by atoms with Gasteiger partial charge in [-0.05, 0) is 54.1 Å². The Morgan fingerprint density at radius 3 is 2.70 bits per heavy atom. The first-order chi connectivity index (χ1) is 11.2. The average molecular weight is 306 g/mol. The Balaban J connectivity index is 1.71. The molecule has 0 aliphatic heterocycles. The normalized spacial score (nSPS) is 10.8. The minimum Gasteiger partial charge on any atom is -0.457 e. The second-order valence-electron chi connectivity index (χ2n) is 4.76. The summed E-state index contributed by atoms with van der Waals surface area (Å²) in [4.78, 5) is 14.8. The highest BCUT2D eigenvalue weighted by molar-refractivity contribution is 5.82. The molecule has 3 N–H and O–H groups in total. The van der Waals surface area contributed by atoms with Crippen molar-refractivity contribution in [2.45, 2.75) is 0 Å². The summed E-state index contributed by atoms with van der Waals surface area (Å²) in [6.45, 7) is 0. The van der Waals surface area contributed by atoms with Gasteiger partial charge in [0.15, 0.2) is 0 Å². The maximum Gasteiger partial charge on any atom is 0.332 e. The number of carbonyl (C=O) groups excluding carboxylic acids is 1. The topological polar surface area (TPSA) is 89.6 Å². The van der Waals surface area contributed by atoms with Crippen LogP contribution in [-0.4, -0.2) is 17.2 Å². The third-order valence-electron chi connectivity index (χ3n) is 3.08. The number of ether oxygens (including phenoxy) is 1. The molecular formula is C17H14N4O2. The van der Waals surface area contributed by atoms with Gasteiger partial charge in [-0.2, -0.15) is 5.10 Å². The number of fused-ring (bicyclic) bond motifs is 1. The van der Waals surface area contributed by atoms with Crippen molar-refractivity contribution in [1.82, 2.24) is 10.4 Å². The summed E-state index contributed by atoms with van der Waals surface area (Å²) in [7, 11) is 0. The number of rotatable bonds is 4. The minimum atomic E-state index is -0.702. The van der Waals surface area contributed by atoms with Crippen molar-refractivity contribution in [1.29, 1.82) is 0 Å². The van der Waals surface area contributed by atoms with Gasteiger partial charge in [0.25, 0.3) is 0 Å². The number of amides is 2. The molecule has 6 nitrogen and oxygen atoms in total. The Hall–Kier alpha value is -3.41. The van der Waals surface area contributed by atoms with Gasteiger partial charge in [0.1, 0.15) is 11.5 Å². The molecule has 0 aliphatic rings. The number of pyridine rings is 1. The lowest BCUT2D eigenvalue weighted by molar-refractivity contribution is 0.249. The van der Waals surface area contributed by atoms with Crippen LogP contribution in [0.3, 0.4) is 0 Å². The number of hydrogen-bond acceptors (Lipinski definition) is 4. The van der Waals surface area contributed by atoms with Gasteiger partial charge in [0, 0.05) is 11.6 Å². The molecule has 0 saturated heterocycles. The number of nitrogens with two attached hydrogens (primary N) is 1. The van der Waals surface area contributed by atoms with Crippen LogP contribution in [0.5, 0.6) is 11.5 Å². The number of hydrogen-bond donors (Lipinski definition) is 2. The van der Waals surface area contributed by atoms with E-state index in [9.17, 15) is 4.79 Å². The Labute approximate surface area is 132 Å². The first kappa shape index (κ1) is 14.5. The van der Waals surface area contributed by atoms with Gasteiger partial charge in [-0.1, -0.05) is 6.07 Å². The van der Waals surface area contributed by atoms with Crippen molar-refractivity contribution in [3.05, 3.63) is 66.4 Å². The van der Waals surface area contributed by atoms with Crippen LogP contribution in [0.1, 0.15) is 5.56 Å². The Morgan fingerprint density at radius 2 is 1.91 bits per heavy atom. The van der Waals surface area contributed by atoms with E-state index in [2.05, 4.69) is 15.5 Å². The second-order valence-corrected chi connectivity index (χ2v) is 4.76. The molecule has 0 saturated carbocycles. The largest absolute Gasteiger partial charge is 0.457 e. The number of nitrogens with one attached hydrogen (secondary N) is 1. The Morgan fingerprint density at radius 1 is 1.13 bits per heavy atom. The maximum absolute atomic E-state index is 10.5. The van der Waals surface area contributed by atoms with Crippen molar-refractivity contribution in [2.24, 2.45) is 10.8 Å². The van der Waals surface area contributed by atoms with Crippen LogP contribution in [0.25, 0.3) is 10.9 Å². The van der Waals surface area contributed by atoms with E-state index in [4.69, 9.17) is 10.5 Å². The van der Waals surface area contributed by atoms with Crippen LogP contribution in [0.15, 0.2) is 65.9 Å². The lowest BCUT2D eigenvalue weighted by Crippen LogP contribution is -2.24. The number of nitrogens with zero attached hydrogens (tertiary/aromatic N) is 2. The Kier molecular flexibility index (Phi) is 4.15. The highest BCUT2D eigenvalue weighted by Crippen LogP contribution is 2.24. The molecule has 0 atom stereocenters. The molecule has 0 fully saturated rings. The van der Waals surface area contributed by atoms with Crippen LogP contribution >= 0.6 is 0 Å². The van der Waals surface area contributed by atoms with Gasteiger partial charge < -0.3 is 10.5 Å². The zero-order valence-electron chi connectivity index (χ0n) is 12.1. The number of hydrazone groups is 1. The van der Waals surface area contributed by atoms with Crippen molar-refractivity contribution < 1.29 is 9.53 Å². The highest BCUT2D eigenvalue weighted by atomic mass is 16.5. The van der Waals surface area contributed by atoms with Crippen LogP contribution in [-0.2, 0) is 0 Å². The van der Waals surface area contributed by atoms with Crippen LogP contribution in [0.4, 0.5) is 4.79 Å². The van der Waals surface area contributed by atoms with Crippen LogP contribution < -0.4 is 15.9 Å². The van der Waals surface area contributed by atoms with E-state index in [1.54, 1.807) is 6.20 Å². The second kappa shape index (κ2) is 6.57. The molecule has 0 aliphatic carbocycles. The van der Waals surface area contributed by atoms with E-state index in [-0.39, 0.29) is 0 Å². The molecule has 2 aromatic carbocycles. The average Bonchev–Trinajstić information content (AvgIpc) is 2.56. The summed E-state index contributed by atoms with van der Waals surface area (Å²) >= 11 is 0. The van der Waals surface area contributed by atoms with E-state index in [0.29, 0.717) is 5.75 Å². The molecule has 0 radical (unpaired) electrons. The van der Waals surface area contributed by atoms with Gasteiger partial charge in [-0.3, -0.25) is 4.98 Å². The van der Waals surface area contributed by atoms with Crippen LogP contribution in [0, 0.1) is 0 Å². The van der Waals surface area contributed by atoms with E-state index in [1.165, 1.54) is 6.21 Å². The van der Waals surface area contributed by atoms with Crippen molar-refractivity contribution in [3.8, 4) is 11.5 Å². The molecular weight excluding hydrogens is 292 g/mol.